The molecular formula is C14H14N2O3. The highest BCUT2D eigenvalue weighted by molar-refractivity contribution is 6.03. The summed E-state index contributed by atoms with van der Waals surface area (Å²) in [4.78, 5) is 25.6. The summed E-state index contributed by atoms with van der Waals surface area (Å²) in [6.07, 6.45) is 0. The highest BCUT2D eigenvalue weighted by Gasteiger charge is 2.08. The van der Waals surface area contributed by atoms with Gasteiger partial charge in [-0.2, -0.15) is 0 Å². The van der Waals surface area contributed by atoms with Crippen LogP contribution in [0.2, 0.25) is 0 Å². The minimum absolute atomic E-state index is 0.225. The second-order valence-electron chi connectivity index (χ2n) is 4.06. The van der Waals surface area contributed by atoms with Crippen molar-refractivity contribution in [1.82, 2.24) is 4.98 Å². The van der Waals surface area contributed by atoms with Gasteiger partial charge in [0.1, 0.15) is 11.4 Å². The third kappa shape index (κ3) is 3.01. The number of pyridine rings is 1. The number of carbonyl (C=O) groups is 1. The van der Waals surface area contributed by atoms with Crippen molar-refractivity contribution in [2.45, 2.75) is 6.92 Å². The average Bonchev–Trinajstić information content (AvgIpc) is 2.41. The zero-order chi connectivity index (χ0) is 13.8. The SMILES string of the molecule is COc1ccc(NC(=O)c2cccc(=O)[nH]2)c(C)c1. The standard InChI is InChI=1S/C14H14N2O3/c1-9-8-10(19-2)6-7-11(9)16-14(18)12-4-3-5-13(17)15-12/h3-8H,1-2H3,(H,15,17)(H,16,18). The van der Waals surface area contributed by atoms with E-state index in [0.29, 0.717) is 5.69 Å². The number of methoxy groups -OCH3 is 1. The van der Waals surface area contributed by atoms with E-state index in [1.165, 1.54) is 12.1 Å². The number of benzene rings is 1. The van der Waals surface area contributed by atoms with Gasteiger partial charge in [-0.15, -0.1) is 0 Å². The molecule has 0 unspecified atom stereocenters. The minimum atomic E-state index is -0.356. The molecule has 1 amide bonds. The fourth-order valence-electron chi connectivity index (χ4n) is 1.67. The number of H-pyrrole nitrogens is 1. The van der Waals surface area contributed by atoms with Crippen LogP contribution in [0.1, 0.15) is 16.1 Å². The summed E-state index contributed by atoms with van der Waals surface area (Å²) in [7, 11) is 1.59. The van der Waals surface area contributed by atoms with Crippen LogP contribution in [0.25, 0.3) is 0 Å². The molecule has 2 aromatic rings. The predicted octanol–water partition coefficient (Wildman–Crippen LogP) is 1.94. The highest BCUT2D eigenvalue weighted by Crippen LogP contribution is 2.21. The number of aromatic nitrogens is 1. The lowest BCUT2D eigenvalue weighted by Crippen LogP contribution is -2.18. The first-order chi connectivity index (χ1) is 9.10. The molecule has 5 nitrogen and oxygen atoms in total. The molecule has 0 bridgehead atoms. The van der Waals surface area contributed by atoms with E-state index in [-0.39, 0.29) is 17.2 Å². The summed E-state index contributed by atoms with van der Waals surface area (Å²) in [6.45, 7) is 1.87. The maximum Gasteiger partial charge on any atom is 0.272 e. The lowest BCUT2D eigenvalue weighted by molar-refractivity contribution is 0.102. The quantitative estimate of drug-likeness (QED) is 0.883. The maximum atomic E-state index is 12.0. The number of nitrogens with one attached hydrogen (secondary N) is 2. The molecule has 1 aromatic carbocycles. The first-order valence-electron chi connectivity index (χ1n) is 5.75. The number of aromatic amines is 1. The van der Waals surface area contributed by atoms with Crippen LogP contribution in [0, 0.1) is 6.92 Å². The van der Waals surface area contributed by atoms with Crippen LogP contribution < -0.4 is 15.6 Å². The number of ether oxygens (including phenoxy) is 1. The van der Waals surface area contributed by atoms with Crippen molar-refractivity contribution in [2.75, 3.05) is 12.4 Å². The van der Waals surface area contributed by atoms with Gasteiger partial charge in [-0.1, -0.05) is 6.07 Å². The van der Waals surface area contributed by atoms with Gasteiger partial charge in [0, 0.05) is 11.8 Å². The summed E-state index contributed by atoms with van der Waals surface area (Å²) in [6, 6.07) is 9.78. The number of hydrogen-bond acceptors (Lipinski definition) is 3. The van der Waals surface area contributed by atoms with Crippen LogP contribution in [-0.4, -0.2) is 18.0 Å². The monoisotopic (exact) mass is 258 g/mol. The average molecular weight is 258 g/mol. The number of amides is 1. The minimum Gasteiger partial charge on any atom is -0.497 e. The van der Waals surface area contributed by atoms with Crippen molar-refractivity contribution < 1.29 is 9.53 Å². The third-order valence-corrected chi connectivity index (χ3v) is 2.69. The van der Waals surface area contributed by atoms with Crippen LogP contribution in [-0.2, 0) is 0 Å². The summed E-state index contributed by atoms with van der Waals surface area (Å²) in [5.74, 6) is 0.370. The Bertz CT molecular complexity index is 662. The molecule has 98 valence electrons. The first-order valence-corrected chi connectivity index (χ1v) is 5.75. The molecule has 0 spiro atoms. The van der Waals surface area contributed by atoms with Crippen molar-refractivity contribution in [1.29, 1.82) is 0 Å². The van der Waals surface area contributed by atoms with Crippen molar-refractivity contribution in [2.24, 2.45) is 0 Å². The van der Waals surface area contributed by atoms with E-state index in [1.807, 2.05) is 13.0 Å². The Kier molecular flexibility index (Phi) is 3.66. The number of hydrogen-bond donors (Lipinski definition) is 2. The van der Waals surface area contributed by atoms with Gasteiger partial charge in [0.25, 0.3) is 5.91 Å². The molecule has 0 aliphatic heterocycles. The van der Waals surface area contributed by atoms with Crippen LogP contribution in [0.15, 0.2) is 41.2 Å². The van der Waals surface area contributed by atoms with Gasteiger partial charge in [0.15, 0.2) is 0 Å². The van der Waals surface area contributed by atoms with E-state index in [2.05, 4.69) is 10.3 Å². The van der Waals surface area contributed by atoms with E-state index in [1.54, 1.807) is 25.3 Å². The van der Waals surface area contributed by atoms with Crippen LogP contribution in [0.5, 0.6) is 5.75 Å². The van der Waals surface area contributed by atoms with E-state index in [9.17, 15) is 9.59 Å². The van der Waals surface area contributed by atoms with Crippen LogP contribution in [0.3, 0.4) is 0 Å². The number of rotatable bonds is 3. The smallest absolute Gasteiger partial charge is 0.272 e. The molecular weight excluding hydrogens is 244 g/mol. The van der Waals surface area contributed by atoms with Crippen molar-refractivity contribution in [3.8, 4) is 5.75 Å². The maximum absolute atomic E-state index is 12.0. The Balaban J connectivity index is 2.22. The van der Waals surface area contributed by atoms with Gasteiger partial charge in [0.05, 0.1) is 7.11 Å². The van der Waals surface area contributed by atoms with Gasteiger partial charge in [-0.25, -0.2) is 0 Å². The summed E-state index contributed by atoms with van der Waals surface area (Å²) >= 11 is 0. The van der Waals surface area contributed by atoms with Crippen molar-refractivity contribution in [3.05, 3.63) is 58.0 Å². The molecule has 5 heteroatoms. The molecule has 1 aromatic heterocycles. The molecule has 19 heavy (non-hydrogen) atoms. The molecule has 0 aliphatic rings. The van der Waals surface area contributed by atoms with Gasteiger partial charge in [-0.3, -0.25) is 9.59 Å². The predicted molar refractivity (Wildman–Crippen MR) is 72.7 cm³/mol. The normalized spacial score (nSPS) is 10.0. The Morgan fingerprint density at radius 2 is 2.05 bits per heavy atom. The van der Waals surface area contributed by atoms with Gasteiger partial charge < -0.3 is 15.0 Å². The Labute approximate surface area is 110 Å². The highest BCUT2D eigenvalue weighted by atomic mass is 16.5. The molecule has 2 rings (SSSR count). The van der Waals surface area contributed by atoms with Gasteiger partial charge in [0.2, 0.25) is 5.56 Å². The number of aryl methyl sites for hydroxylation is 1. The molecule has 1 heterocycles. The fourth-order valence-corrected chi connectivity index (χ4v) is 1.67. The molecule has 0 fully saturated rings. The van der Waals surface area contributed by atoms with E-state index >= 15 is 0 Å². The lowest BCUT2D eigenvalue weighted by atomic mass is 10.2. The van der Waals surface area contributed by atoms with E-state index < -0.39 is 0 Å². The van der Waals surface area contributed by atoms with E-state index in [4.69, 9.17) is 4.74 Å². The van der Waals surface area contributed by atoms with Crippen LogP contribution >= 0.6 is 0 Å². The molecule has 2 N–H and O–H groups in total. The Hall–Kier alpha value is -2.56. The molecule has 0 atom stereocenters. The van der Waals surface area contributed by atoms with Crippen molar-refractivity contribution >= 4 is 11.6 Å². The fraction of sp³-hybridized carbons (Fsp3) is 0.143. The zero-order valence-electron chi connectivity index (χ0n) is 10.7. The first kappa shape index (κ1) is 12.9. The molecule has 0 saturated heterocycles. The third-order valence-electron chi connectivity index (χ3n) is 2.69. The van der Waals surface area contributed by atoms with Crippen LogP contribution in [0.4, 0.5) is 5.69 Å². The molecule has 0 radical (unpaired) electrons. The lowest BCUT2D eigenvalue weighted by Gasteiger charge is -2.09. The summed E-state index contributed by atoms with van der Waals surface area (Å²) < 4.78 is 5.10. The van der Waals surface area contributed by atoms with E-state index in [0.717, 1.165) is 11.3 Å². The van der Waals surface area contributed by atoms with Gasteiger partial charge in [-0.05, 0) is 36.8 Å². The molecule has 0 aliphatic carbocycles. The zero-order valence-corrected chi connectivity index (χ0v) is 10.7. The summed E-state index contributed by atoms with van der Waals surface area (Å²) in [5.41, 5.74) is 1.48. The van der Waals surface area contributed by atoms with Crippen molar-refractivity contribution in [3.63, 3.8) is 0 Å². The number of anilines is 1. The Morgan fingerprint density at radius 1 is 1.26 bits per heavy atom. The number of carbonyl (C=O) groups excluding carboxylic acids is 1. The largest absolute Gasteiger partial charge is 0.497 e. The summed E-state index contributed by atoms with van der Waals surface area (Å²) in [5, 5.41) is 2.74. The second kappa shape index (κ2) is 5.39. The van der Waals surface area contributed by atoms with Gasteiger partial charge >= 0.3 is 0 Å². The Morgan fingerprint density at radius 3 is 2.68 bits per heavy atom. The second-order valence-corrected chi connectivity index (χ2v) is 4.06. The topological polar surface area (TPSA) is 71.2 Å². The molecule has 0 saturated carbocycles.